The summed E-state index contributed by atoms with van der Waals surface area (Å²) in [5, 5.41) is 12.7. The molecule has 122 valence electrons. The first-order valence-corrected chi connectivity index (χ1v) is 9.02. The Labute approximate surface area is 129 Å². The van der Waals surface area contributed by atoms with Crippen molar-refractivity contribution < 1.29 is 9.90 Å². The Balaban J connectivity index is 1.83. The van der Waals surface area contributed by atoms with Crippen LogP contribution in [-0.4, -0.2) is 24.2 Å². The van der Waals surface area contributed by atoms with Crippen molar-refractivity contribution in [1.29, 1.82) is 0 Å². The summed E-state index contributed by atoms with van der Waals surface area (Å²) < 4.78 is 0. The molecule has 2 N–H and O–H groups in total. The lowest BCUT2D eigenvalue weighted by atomic mass is 9.67. The van der Waals surface area contributed by atoms with Gasteiger partial charge in [0.05, 0.1) is 6.61 Å². The molecule has 2 fully saturated rings. The summed E-state index contributed by atoms with van der Waals surface area (Å²) in [6.07, 6.45) is 10.7. The lowest BCUT2D eigenvalue weighted by Gasteiger charge is -2.39. The van der Waals surface area contributed by atoms with E-state index in [4.69, 9.17) is 0 Å². The molecule has 3 atom stereocenters. The van der Waals surface area contributed by atoms with Crippen molar-refractivity contribution in [1.82, 2.24) is 5.32 Å². The van der Waals surface area contributed by atoms with Gasteiger partial charge in [-0.2, -0.15) is 0 Å². The molecule has 2 saturated carbocycles. The van der Waals surface area contributed by atoms with Gasteiger partial charge in [-0.15, -0.1) is 0 Å². The number of nitrogens with one attached hydrogen (secondary N) is 1. The van der Waals surface area contributed by atoms with Gasteiger partial charge in [-0.1, -0.05) is 39.5 Å². The first kappa shape index (κ1) is 16.8. The van der Waals surface area contributed by atoms with Gasteiger partial charge in [0.25, 0.3) is 0 Å². The summed E-state index contributed by atoms with van der Waals surface area (Å²) in [6, 6.07) is 0. The number of hydrogen-bond donors (Lipinski definition) is 2. The Morgan fingerprint density at radius 2 is 1.76 bits per heavy atom. The fraction of sp³-hybridized carbons (Fsp3) is 0.944. The molecule has 0 saturated heterocycles. The molecule has 2 rings (SSSR count). The SMILES string of the molecule is CCC(CC)(CO)CNC(=O)C1CCC2CCCCC2C1. The molecule has 2 aliphatic carbocycles. The van der Waals surface area contributed by atoms with Crippen molar-refractivity contribution in [3.05, 3.63) is 0 Å². The predicted octanol–water partition coefficient (Wildman–Crippen LogP) is 3.51. The second-order valence-corrected chi connectivity index (χ2v) is 7.40. The highest BCUT2D eigenvalue weighted by molar-refractivity contribution is 5.78. The maximum Gasteiger partial charge on any atom is 0.223 e. The first-order chi connectivity index (χ1) is 10.1. The Hall–Kier alpha value is -0.570. The van der Waals surface area contributed by atoms with Gasteiger partial charge in [0.2, 0.25) is 5.91 Å². The summed E-state index contributed by atoms with van der Waals surface area (Å²) in [7, 11) is 0. The van der Waals surface area contributed by atoms with Gasteiger partial charge in [-0.05, 0) is 43.9 Å². The van der Waals surface area contributed by atoms with Gasteiger partial charge in [0.1, 0.15) is 0 Å². The van der Waals surface area contributed by atoms with Gasteiger partial charge in [0.15, 0.2) is 0 Å². The maximum atomic E-state index is 12.5. The zero-order valence-electron chi connectivity index (χ0n) is 13.9. The number of amides is 1. The second kappa shape index (κ2) is 7.62. The minimum absolute atomic E-state index is 0.127. The van der Waals surface area contributed by atoms with E-state index in [-0.39, 0.29) is 23.8 Å². The van der Waals surface area contributed by atoms with Crippen LogP contribution in [0.25, 0.3) is 0 Å². The summed E-state index contributed by atoms with van der Waals surface area (Å²) in [5.41, 5.74) is -0.127. The summed E-state index contributed by atoms with van der Waals surface area (Å²) in [4.78, 5) is 12.5. The maximum absolute atomic E-state index is 12.5. The number of aliphatic hydroxyl groups is 1. The highest BCUT2D eigenvalue weighted by atomic mass is 16.3. The zero-order chi connectivity index (χ0) is 15.3. The molecule has 0 aromatic heterocycles. The quantitative estimate of drug-likeness (QED) is 0.788. The topological polar surface area (TPSA) is 49.3 Å². The Kier molecular flexibility index (Phi) is 6.09. The lowest BCUT2D eigenvalue weighted by molar-refractivity contribution is -0.128. The number of fused-ring (bicyclic) bond motifs is 1. The van der Waals surface area contributed by atoms with E-state index in [9.17, 15) is 9.90 Å². The van der Waals surface area contributed by atoms with Crippen molar-refractivity contribution in [3.8, 4) is 0 Å². The molecule has 3 heteroatoms. The third-order valence-electron chi connectivity index (χ3n) is 6.38. The van der Waals surface area contributed by atoms with Crippen LogP contribution >= 0.6 is 0 Å². The van der Waals surface area contributed by atoms with Crippen LogP contribution in [0.15, 0.2) is 0 Å². The standard InChI is InChI=1S/C18H33NO2/c1-3-18(4-2,13-20)12-19-17(21)16-10-9-14-7-5-6-8-15(14)11-16/h14-16,20H,3-13H2,1-2H3,(H,19,21). The van der Waals surface area contributed by atoms with E-state index in [0.29, 0.717) is 6.54 Å². The van der Waals surface area contributed by atoms with Crippen LogP contribution in [0.3, 0.4) is 0 Å². The van der Waals surface area contributed by atoms with Crippen molar-refractivity contribution in [2.45, 2.75) is 71.6 Å². The molecule has 2 aliphatic rings. The Bertz CT molecular complexity index is 330. The molecule has 0 heterocycles. The van der Waals surface area contributed by atoms with E-state index in [1.165, 1.54) is 32.1 Å². The number of aliphatic hydroxyl groups excluding tert-OH is 1. The van der Waals surface area contributed by atoms with E-state index in [1.54, 1.807) is 0 Å². The van der Waals surface area contributed by atoms with E-state index < -0.39 is 0 Å². The molecule has 0 aliphatic heterocycles. The van der Waals surface area contributed by atoms with Crippen molar-refractivity contribution in [2.75, 3.05) is 13.2 Å². The fourth-order valence-corrected chi connectivity index (χ4v) is 4.31. The van der Waals surface area contributed by atoms with Gasteiger partial charge in [-0.25, -0.2) is 0 Å². The minimum Gasteiger partial charge on any atom is -0.396 e. The summed E-state index contributed by atoms with van der Waals surface area (Å²) in [6.45, 7) is 4.98. The van der Waals surface area contributed by atoms with E-state index in [2.05, 4.69) is 19.2 Å². The highest BCUT2D eigenvalue weighted by Gasteiger charge is 2.35. The summed E-state index contributed by atoms with van der Waals surface area (Å²) >= 11 is 0. The monoisotopic (exact) mass is 295 g/mol. The molecule has 0 radical (unpaired) electrons. The van der Waals surface area contributed by atoms with Crippen LogP contribution in [0.1, 0.15) is 71.6 Å². The molecule has 0 aromatic carbocycles. The van der Waals surface area contributed by atoms with Gasteiger partial charge in [-0.3, -0.25) is 4.79 Å². The van der Waals surface area contributed by atoms with Crippen LogP contribution < -0.4 is 5.32 Å². The molecule has 0 spiro atoms. The zero-order valence-corrected chi connectivity index (χ0v) is 13.9. The highest BCUT2D eigenvalue weighted by Crippen LogP contribution is 2.42. The molecule has 0 bridgehead atoms. The molecule has 3 unspecified atom stereocenters. The third kappa shape index (κ3) is 4.00. The van der Waals surface area contributed by atoms with Crippen LogP contribution in [0.4, 0.5) is 0 Å². The molecule has 0 aromatic rings. The minimum atomic E-state index is -0.127. The van der Waals surface area contributed by atoms with Gasteiger partial charge < -0.3 is 10.4 Å². The Morgan fingerprint density at radius 1 is 1.10 bits per heavy atom. The van der Waals surface area contributed by atoms with Gasteiger partial charge >= 0.3 is 0 Å². The van der Waals surface area contributed by atoms with Crippen LogP contribution in [0.2, 0.25) is 0 Å². The van der Waals surface area contributed by atoms with E-state index in [1.807, 2.05) is 0 Å². The van der Waals surface area contributed by atoms with Crippen molar-refractivity contribution in [3.63, 3.8) is 0 Å². The lowest BCUT2D eigenvalue weighted by Crippen LogP contribution is -2.43. The van der Waals surface area contributed by atoms with E-state index >= 15 is 0 Å². The van der Waals surface area contributed by atoms with Crippen molar-refractivity contribution in [2.24, 2.45) is 23.2 Å². The molecular weight excluding hydrogens is 262 g/mol. The average molecular weight is 295 g/mol. The largest absolute Gasteiger partial charge is 0.396 e. The molecule has 1 amide bonds. The van der Waals surface area contributed by atoms with Crippen LogP contribution in [0, 0.1) is 23.2 Å². The molecular formula is C18H33NO2. The summed E-state index contributed by atoms with van der Waals surface area (Å²) in [5.74, 6) is 2.14. The molecule has 3 nitrogen and oxygen atoms in total. The van der Waals surface area contributed by atoms with Crippen LogP contribution in [0.5, 0.6) is 0 Å². The number of rotatable bonds is 6. The fourth-order valence-electron chi connectivity index (χ4n) is 4.31. The smallest absolute Gasteiger partial charge is 0.223 e. The number of carbonyl (C=O) groups excluding carboxylic acids is 1. The average Bonchev–Trinajstić information content (AvgIpc) is 2.56. The van der Waals surface area contributed by atoms with Crippen LogP contribution in [-0.2, 0) is 4.79 Å². The molecule has 21 heavy (non-hydrogen) atoms. The van der Waals surface area contributed by atoms with E-state index in [0.717, 1.165) is 37.5 Å². The number of hydrogen-bond acceptors (Lipinski definition) is 2. The van der Waals surface area contributed by atoms with Gasteiger partial charge in [0, 0.05) is 17.9 Å². The first-order valence-electron chi connectivity index (χ1n) is 9.02. The number of carbonyl (C=O) groups is 1. The Morgan fingerprint density at radius 3 is 2.38 bits per heavy atom. The normalized spacial score (nSPS) is 29.8. The predicted molar refractivity (Wildman–Crippen MR) is 85.9 cm³/mol. The second-order valence-electron chi connectivity index (χ2n) is 7.40. The van der Waals surface area contributed by atoms with Crippen molar-refractivity contribution >= 4 is 5.91 Å². The third-order valence-corrected chi connectivity index (χ3v) is 6.38.